The Kier molecular flexibility index (Phi) is 5.13. The number of anilines is 1. The van der Waals surface area contributed by atoms with Crippen LogP contribution in [0.5, 0.6) is 0 Å². The molecule has 0 saturated carbocycles. The first-order valence-corrected chi connectivity index (χ1v) is 10.4. The molecule has 0 spiro atoms. The summed E-state index contributed by atoms with van der Waals surface area (Å²) < 4.78 is 0. The van der Waals surface area contributed by atoms with Crippen molar-refractivity contribution in [2.45, 2.75) is 12.1 Å². The summed E-state index contributed by atoms with van der Waals surface area (Å²) in [6.07, 6.45) is 5.81. The Balaban J connectivity index is 1.55. The molecule has 1 aliphatic heterocycles. The fourth-order valence-electron chi connectivity index (χ4n) is 4.30. The number of hydrogen-bond donors (Lipinski definition) is 0. The van der Waals surface area contributed by atoms with Crippen LogP contribution in [0.25, 0.3) is 6.08 Å². The molecular formula is C26H20N2O4. The second kappa shape index (κ2) is 8.24. The quantitative estimate of drug-likeness (QED) is 0.318. The number of nitrogens with zero attached hydrogens (tertiary/aromatic N) is 2. The van der Waals surface area contributed by atoms with Gasteiger partial charge in [0.05, 0.1) is 10.6 Å². The third-order valence-corrected chi connectivity index (χ3v) is 5.82. The smallest absolute Gasteiger partial charge is 0.269 e. The summed E-state index contributed by atoms with van der Waals surface area (Å²) in [4.78, 5) is 30.5. The van der Waals surface area contributed by atoms with Gasteiger partial charge in [-0.25, -0.2) is 5.06 Å². The molecule has 158 valence electrons. The number of hydroxylamine groups is 1. The Bertz CT molecular complexity index is 1200. The number of Topliss-reactive ketones (excluding diaryl/α,β-unsaturated/α-hetero) is 1. The lowest BCUT2D eigenvalue weighted by Gasteiger charge is -2.26. The monoisotopic (exact) mass is 424 g/mol. The molecule has 5 rings (SSSR count). The number of fused-ring (bicyclic) bond motifs is 1. The molecule has 0 aromatic heterocycles. The molecule has 2 aliphatic rings. The Morgan fingerprint density at radius 2 is 1.59 bits per heavy atom. The van der Waals surface area contributed by atoms with Crippen LogP contribution in [0.2, 0.25) is 0 Å². The first-order chi connectivity index (χ1) is 15.6. The van der Waals surface area contributed by atoms with Crippen LogP contribution < -0.4 is 5.06 Å². The van der Waals surface area contributed by atoms with E-state index in [1.807, 2.05) is 72.8 Å². The molecule has 1 fully saturated rings. The van der Waals surface area contributed by atoms with Crippen LogP contribution in [0.4, 0.5) is 11.4 Å². The zero-order valence-electron chi connectivity index (χ0n) is 17.1. The standard InChI is InChI=1S/C26H20N2O4/c29-26(19-11-14-22(15-12-19)28(30)31)25-24-20(17-18-7-3-1-4-8-18)13-16-23(24)32-27(25)21-9-5-2-6-10-21/h1-17,23-25H/b20-17-/t23-,24+,25+/m1/s1. The van der Waals surface area contributed by atoms with Gasteiger partial charge in [-0.1, -0.05) is 66.8 Å². The summed E-state index contributed by atoms with van der Waals surface area (Å²) >= 11 is 0. The van der Waals surface area contributed by atoms with E-state index in [1.165, 1.54) is 24.3 Å². The zero-order valence-corrected chi connectivity index (χ0v) is 17.1. The van der Waals surface area contributed by atoms with Gasteiger partial charge in [-0.3, -0.25) is 19.7 Å². The molecule has 3 aromatic rings. The van der Waals surface area contributed by atoms with Crippen LogP contribution >= 0.6 is 0 Å². The molecule has 3 aromatic carbocycles. The number of non-ortho nitro benzene ring substituents is 1. The maximum Gasteiger partial charge on any atom is 0.269 e. The minimum absolute atomic E-state index is 0.0470. The lowest BCUT2D eigenvalue weighted by molar-refractivity contribution is -0.384. The Morgan fingerprint density at radius 3 is 2.25 bits per heavy atom. The van der Waals surface area contributed by atoms with Gasteiger partial charge in [0.2, 0.25) is 0 Å². The Morgan fingerprint density at radius 1 is 0.938 bits per heavy atom. The normalized spacial score (nSPS) is 22.8. The number of para-hydroxylation sites is 1. The zero-order chi connectivity index (χ0) is 22.1. The maximum absolute atomic E-state index is 13.7. The van der Waals surface area contributed by atoms with E-state index in [9.17, 15) is 14.9 Å². The highest BCUT2D eigenvalue weighted by atomic mass is 16.7. The molecular weight excluding hydrogens is 404 g/mol. The second-order valence-electron chi connectivity index (χ2n) is 7.78. The van der Waals surface area contributed by atoms with E-state index in [0.29, 0.717) is 5.56 Å². The molecule has 0 bridgehead atoms. The van der Waals surface area contributed by atoms with Crippen molar-refractivity contribution < 1.29 is 14.6 Å². The number of hydrogen-bond acceptors (Lipinski definition) is 5. The van der Waals surface area contributed by atoms with Gasteiger partial charge in [-0.2, -0.15) is 0 Å². The SMILES string of the molecule is O=C(c1ccc([N+](=O)[O-])cc1)[C@@H]1[C@H]2/C(=C\c3ccccc3)C=C[C@H]2ON1c1ccccc1. The molecule has 1 saturated heterocycles. The van der Waals surface area contributed by atoms with Gasteiger partial charge >= 0.3 is 0 Å². The summed E-state index contributed by atoms with van der Waals surface area (Å²) in [6.45, 7) is 0. The van der Waals surface area contributed by atoms with Crippen molar-refractivity contribution in [1.29, 1.82) is 0 Å². The Labute approximate surface area is 185 Å². The molecule has 0 N–H and O–H groups in total. The van der Waals surface area contributed by atoms with Crippen molar-refractivity contribution in [3.8, 4) is 0 Å². The van der Waals surface area contributed by atoms with Crippen molar-refractivity contribution in [1.82, 2.24) is 0 Å². The topological polar surface area (TPSA) is 72.7 Å². The van der Waals surface area contributed by atoms with Gasteiger partial charge < -0.3 is 0 Å². The van der Waals surface area contributed by atoms with Crippen molar-refractivity contribution >= 4 is 23.2 Å². The van der Waals surface area contributed by atoms with E-state index < -0.39 is 11.0 Å². The third-order valence-electron chi connectivity index (χ3n) is 5.82. The number of nitro groups is 1. The lowest BCUT2D eigenvalue weighted by atomic mass is 9.86. The van der Waals surface area contributed by atoms with Crippen LogP contribution in [0.1, 0.15) is 15.9 Å². The molecule has 0 amide bonds. The second-order valence-corrected chi connectivity index (χ2v) is 7.78. The number of allylic oxidation sites excluding steroid dienone is 1. The number of benzene rings is 3. The van der Waals surface area contributed by atoms with Crippen molar-refractivity contribution in [2.75, 3.05) is 5.06 Å². The number of rotatable bonds is 5. The first-order valence-electron chi connectivity index (χ1n) is 10.4. The number of nitro benzene ring substituents is 1. The van der Waals surface area contributed by atoms with Gasteiger partial charge in [0.15, 0.2) is 5.78 Å². The van der Waals surface area contributed by atoms with E-state index in [1.54, 1.807) is 5.06 Å². The van der Waals surface area contributed by atoms with Crippen molar-refractivity contribution in [3.63, 3.8) is 0 Å². The maximum atomic E-state index is 13.7. The molecule has 0 unspecified atom stereocenters. The van der Waals surface area contributed by atoms with E-state index in [2.05, 4.69) is 6.08 Å². The summed E-state index contributed by atoms with van der Waals surface area (Å²) in [5.41, 5.74) is 3.22. The summed E-state index contributed by atoms with van der Waals surface area (Å²) in [6, 6.07) is 24.6. The minimum atomic E-state index is -0.603. The van der Waals surface area contributed by atoms with E-state index in [-0.39, 0.29) is 23.5 Å². The Hall–Kier alpha value is -4.03. The highest BCUT2D eigenvalue weighted by Crippen LogP contribution is 2.43. The fraction of sp³-hybridized carbons (Fsp3) is 0.115. The minimum Gasteiger partial charge on any atom is -0.292 e. The van der Waals surface area contributed by atoms with Gasteiger partial charge in [0.1, 0.15) is 12.1 Å². The van der Waals surface area contributed by atoms with Crippen LogP contribution in [-0.2, 0) is 4.84 Å². The third kappa shape index (κ3) is 3.61. The number of ketones is 1. The number of carbonyl (C=O) groups excluding carboxylic acids is 1. The molecule has 0 radical (unpaired) electrons. The molecule has 3 atom stereocenters. The van der Waals surface area contributed by atoms with Crippen LogP contribution in [0.3, 0.4) is 0 Å². The van der Waals surface area contributed by atoms with Crippen LogP contribution in [0.15, 0.2) is 103 Å². The van der Waals surface area contributed by atoms with E-state index >= 15 is 0 Å². The van der Waals surface area contributed by atoms with Gasteiger partial charge in [-0.15, -0.1) is 0 Å². The van der Waals surface area contributed by atoms with Gasteiger partial charge in [-0.05, 0) is 35.4 Å². The van der Waals surface area contributed by atoms with E-state index in [0.717, 1.165) is 16.8 Å². The van der Waals surface area contributed by atoms with Crippen molar-refractivity contribution in [3.05, 3.63) is 124 Å². The molecule has 6 heteroatoms. The highest BCUT2D eigenvalue weighted by Gasteiger charge is 2.50. The first kappa shape index (κ1) is 19.9. The molecule has 1 aliphatic carbocycles. The van der Waals surface area contributed by atoms with Crippen molar-refractivity contribution in [2.24, 2.45) is 5.92 Å². The molecule has 32 heavy (non-hydrogen) atoms. The van der Waals surface area contributed by atoms with Gasteiger partial charge in [0, 0.05) is 23.6 Å². The summed E-state index contributed by atoms with van der Waals surface area (Å²) in [5, 5.41) is 12.7. The summed E-state index contributed by atoms with van der Waals surface area (Å²) in [5.74, 6) is -0.336. The predicted molar refractivity (Wildman–Crippen MR) is 122 cm³/mol. The molecule has 6 nitrogen and oxygen atoms in total. The van der Waals surface area contributed by atoms with Crippen LogP contribution in [-0.4, -0.2) is 22.9 Å². The lowest BCUT2D eigenvalue weighted by Crippen LogP contribution is -2.40. The fourth-order valence-corrected chi connectivity index (χ4v) is 4.30. The van der Waals surface area contributed by atoms with Crippen LogP contribution in [0, 0.1) is 16.0 Å². The molecule has 1 heterocycles. The average molecular weight is 424 g/mol. The van der Waals surface area contributed by atoms with E-state index in [4.69, 9.17) is 4.84 Å². The highest BCUT2D eigenvalue weighted by molar-refractivity contribution is 6.03. The van der Waals surface area contributed by atoms with Gasteiger partial charge in [0.25, 0.3) is 5.69 Å². The number of carbonyl (C=O) groups is 1. The largest absolute Gasteiger partial charge is 0.292 e. The summed E-state index contributed by atoms with van der Waals surface area (Å²) in [7, 11) is 0. The average Bonchev–Trinajstić information content (AvgIpc) is 3.40. The predicted octanol–water partition coefficient (Wildman–Crippen LogP) is 5.24.